The number of aromatic nitrogens is 2. The number of benzene rings is 1. The SMILES string of the molecule is CCOC(=O)c1nc(N(C(=O)OC(C)(C)C)C23CC(C#N)(C2)C3)nc(Oc2c(C)cc(/C=C/C#N)cc2C)c1[C@@H](N[S+]([O-])C(C)(C)C)C(F)(F)F. The van der Waals surface area contributed by atoms with Gasteiger partial charge in [0, 0.05) is 17.4 Å². The summed E-state index contributed by atoms with van der Waals surface area (Å²) in [6, 6.07) is 4.60. The number of anilines is 1. The molecule has 1 amide bonds. The van der Waals surface area contributed by atoms with Crippen molar-refractivity contribution < 1.29 is 41.5 Å². The van der Waals surface area contributed by atoms with Crippen LogP contribution in [0.5, 0.6) is 11.6 Å². The van der Waals surface area contributed by atoms with Gasteiger partial charge in [0.1, 0.15) is 16.1 Å². The molecule has 3 saturated carbocycles. The zero-order valence-electron chi connectivity index (χ0n) is 29.9. The van der Waals surface area contributed by atoms with E-state index in [1.807, 2.05) is 6.07 Å². The minimum atomic E-state index is -5.18. The monoisotopic (exact) mass is 730 g/mol. The zero-order valence-corrected chi connectivity index (χ0v) is 30.8. The van der Waals surface area contributed by atoms with Crippen LogP contribution >= 0.6 is 0 Å². The summed E-state index contributed by atoms with van der Waals surface area (Å²) < 4.78 is 76.7. The van der Waals surface area contributed by atoms with E-state index >= 15 is 13.2 Å². The van der Waals surface area contributed by atoms with Crippen molar-refractivity contribution in [2.45, 2.75) is 110 Å². The van der Waals surface area contributed by atoms with E-state index in [1.54, 1.807) is 52.8 Å². The molecule has 51 heavy (non-hydrogen) atoms. The van der Waals surface area contributed by atoms with Crippen molar-refractivity contribution in [2.75, 3.05) is 11.5 Å². The van der Waals surface area contributed by atoms with E-state index in [9.17, 15) is 19.4 Å². The summed E-state index contributed by atoms with van der Waals surface area (Å²) in [5.41, 5.74) is -3.04. The average Bonchev–Trinajstić information content (AvgIpc) is 2.95. The first-order valence-corrected chi connectivity index (χ1v) is 17.3. The molecule has 0 radical (unpaired) electrons. The standard InChI is InChI=1S/C35H41F3N6O6S/c1-10-48-28(45)24-23(26(35(36,37)38)43-51(47)32(7,8)9)27(49-25-20(2)14-22(12-11-13-39)15-21(25)3)42-29(41-24)44(30(46)50-31(4,5)6)34-16-33(17-34,18-34)19-40/h11-12,14-15,26,43H,10,16-18H2,1-9H3/b12-11+/t26-,33?,34?,51?/m1/s1. The summed E-state index contributed by atoms with van der Waals surface area (Å²) >= 11 is -2.33. The maximum Gasteiger partial charge on any atom is 0.417 e. The Labute approximate surface area is 298 Å². The topological polar surface area (TPSA) is 174 Å². The van der Waals surface area contributed by atoms with Crippen LogP contribution in [0.15, 0.2) is 18.2 Å². The minimum absolute atomic E-state index is 0.0699. The van der Waals surface area contributed by atoms with Crippen LogP contribution in [-0.4, -0.2) is 55.3 Å². The van der Waals surface area contributed by atoms with Crippen molar-refractivity contribution in [3.8, 4) is 23.8 Å². The lowest BCUT2D eigenvalue weighted by molar-refractivity contribution is -0.153. The van der Waals surface area contributed by atoms with Crippen LogP contribution in [0.1, 0.15) is 107 Å². The Balaban J connectivity index is 2.06. The van der Waals surface area contributed by atoms with E-state index < -0.39 is 80.0 Å². The van der Waals surface area contributed by atoms with Crippen molar-refractivity contribution in [1.82, 2.24) is 14.7 Å². The van der Waals surface area contributed by atoms with Crippen LogP contribution in [-0.2, 0) is 20.8 Å². The number of ether oxygens (including phenoxy) is 3. The molecule has 1 N–H and O–H groups in total. The van der Waals surface area contributed by atoms with Gasteiger partial charge in [0.15, 0.2) is 11.7 Å². The third-order valence-corrected chi connectivity index (χ3v) is 9.85. The lowest BCUT2D eigenvalue weighted by Crippen LogP contribution is -2.76. The molecule has 0 spiro atoms. The minimum Gasteiger partial charge on any atom is -0.598 e. The Morgan fingerprint density at radius 1 is 1.10 bits per heavy atom. The molecule has 2 bridgehead atoms. The van der Waals surface area contributed by atoms with Gasteiger partial charge >= 0.3 is 18.2 Å². The number of nitrogens with zero attached hydrogens (tertiary/aromatic N) is 5. The second-order valence-corrected chi connectivity index (χ2v) is 16.8. The van der Waals surface area contributed by atoms with Gasteiger partial charge in [-0.3, -0.25) is 0 Å². The van der Waals surface area contributed by atoms with Gasteiger partial charge in [-0.1, -0.05) is 0 Å². The van der Waals surface area contributed by atoms with Crippen LogP contribution in [0.3, 0.4) is 0 Å². The van der Waals surface area contributed by atoms with Gasteiger partial charge in [-0.15, -0.1) is 4.72 Å². The molecule has 1 heterocycles. The van der Waals surface area contributed by atoms with Crippen LogP contribution in [0, 0.1) is 41.9 Å². The van der Waals surface area contributed by atoms with Crippen molar-refractivity contribution in [2.24, 2.45) is 5.41 Å². The quantitative estimate of drug-likeness (QED) is 0.146. The first-order chi connectivity index (χ1) is 23.5. The van der Waals surface area contributed by atoms with E-state index in [0.29, 0.717) is 16.7 Å². The van der Waals surface area contributed by atoms with E-state index in [-0.39, 0.29) is 31.6 Å². The summed E-state index contributed by atoms with van der Waals surface area (Å²) in [5, 5.41) is 18.7. The molecule has 12 nitrogen and oxygen atoms in total. The number of nitrogens with one attached hydrogen (secondary N) is 1. The normalized spacial score (nSPS) is 21.0. The Morgan fingerprint density at radius 2 is 1.69 bits per heavy atom. The summed E-state index contributed by atoms with van der Waals surface area (Å²) in [7, 11) is 0. The molecule has 0 saturated heterocycles. The van der Waals surface area contributed by atoms with Crippen LogP contribution in [0.25, 0.3) is 6.08 Å². The molecule has 3 aliphatic rings. The Hall–Kier alpha value is -4.38. The zero-order chi connectivity index (χ0) is 38.3. The number of amides is 1. The second kappa shape index (κ2) is 14.0. The number of hydrogen-bond acceptors (Lipinski definition) is 11. The number of hydrogen-bond donors (Lipinski definition) is 1. The molecule has 5 rings (SSSR count). The summed E-state index contributed by atoms with van der Waals surface area (Å²) in [5.74, 6) is -2.47. The second-order valence-electron chi connectivity index (χ2n) is 14.8. The van der Waals surface area contributed by atoms with Crippen LogP contribution < -0.4 is 14.4 Å². The molecule has 0 aliphatic heterocycles. The maximum absolute atomic E-state index is 15.1. The predicted octanol–water partition coefficient (Wildman–Crippen LogP) is 7.44. The third kappa shape index (κ3) is 8.24. The van der Waals surface area contributed by atoms with E-state index in [0.717, 1.165) is 4.90 Å². The van der Waals surface area contributed by atoms with Gasteiger partial charge in [-0.25, -0.2) is 19.5 Å². The molecular weight excluding hydrogens is 689 g/mol. The first-order valence-electron chi connectivity index (χ1n) is 16.1. The third-order valence-electron chi connectivity index (χ3n) is 8.29. The van der Waals surface area contributed by atoms with E-state index in [4.69, 9.17) is 19.5 Å². The van der Waals surface area contributed by atoms with Gasteiger partial charge in [0.25, 0.3) is 0 Å². The molecule has 1 aromatic carbocycles. The number of halogens is 3. The molecule has 1 aromatic heterocycles. The van der Waals surface area contributed by atoms with Gasteiger partial charge in [-0.2, -0.15) is 28.7 Å². The van der Waals surface area contributed by atoms with E-state index in [1.165, 1.54) is 33.8 Å². The average molecular weight is 731 g/mol. The largest absolute Gasteiger partial charge is 0.598 e. The van der Waals surface area contributed by atoms with Crippen molar-refractivity contribution in [3.63, 3.8) is 0 Å². The molecule has 1 unspecified atom stereocenters. The van der Waals surface area contributed by atoms with E-state index in [2.05, 4.69) is 20.8 Å². The fraction of sp³-hybridized carbons (Fsp3) is 0.543. The van der Waals surface area contributed by atoms with Gasteiger partial charge in [0.2, 0.25) is 11.8 Å². The molecule has 3 aliphatic carbocycles. The number of alkyl halides is 3. The smallest absolute Gasteiger partial charge is 0.417 e. The molecular formula is C35H41F3N6O6S. The number of carbonyl (C=O) groups excluding carboxylic acids is 2. The fourth-order valence-electron chi connectivity index (χ4n) is 6.16. The molecule has 3 fully saturated rings. The number of esters is 1. The van der Waals surface area contributed by atoms with Gasteiger partial charge in [-0.05, 0) is 116 Å². The highest BCUT2D eigenvalue weighted by atomic mass is 32.2. The summed E-state index contributed by atoms with van der Waals surface area (Å²) in [4.78, 5) is 37.3. The molecule has 274 valence electrons. The maximum atomic E-state index is 15.1. The molecule has 2 atom stereocenters. The van der Waals surface area contributed by atoms with Crippen LogP contribution in [0.2, 0.25) is 0 Å². The highest BCUT2D eigenvalue weighted by Gasteiger charge is 2.73. The first kappa shape index (κ1) is 39.4. The van der Waals surface area contributed by atoms with Crippen molar-refractivity contribution in [3.05, 3.63) is 46.2 Å². The Kier molecular flexibility index (Phi) is 10.8. The highest BCUT2D eigenvalue weighted by molar-refractivity contribution is 7.90. The molecule has 2 aromatic rings. The fourth-order valence-corrected chi connectivity index (χ4v) is 6.98. The summed E-state index contributed by atoms with van der Waals surface area (Å²) in [6.07, 6.45) is -2.66. The number of rotatable bonds is 10. The van der Waals surface area contributed by atoms with Gasteiger partial charge < -0.3 is 18.8 Å². The van der Waals surface area contributed by atoms with Crippen molar-refractivity contribution >= 4 is 35.4 Å². The Morgan fingerprint density at radius 3 is 2.16 bits per heavy atom. The lowest BCUT2D eigenvalue weighted by atomic mass is 9.39. The van der Waals surface area contributed by atoms with Gasteiger partial charge in [0.05, 0.1) is 35.3 Å². The highest BCUT2D eigenvalue weighted by Crippen LogP contribution is 2.70. The number of carbonyl (C=O) groups is 2. The Bertz CT molecular complexity index is 1780. The van der Waals surface area contributed by atoms with Crippen molar-refractivity contribution in [1.29, 1.82) is 10.5 Å². The van der Waals surface area contributed by atoms with Crippen LogP contribution in [0.4, 0.5) is 23.9 Å². The summed E-state index contributed by atoms with van der Waals surface area (Å²) in [6.45, 7) is 13.8. The number of allylic oxidation sites excluding steroid dienone is 1. The number of aryl methyl sites for hydroxylation is 2. The number of nitriles is 2. The predicted molar refractivity (Wildman–Crippen MR) is 182 cm³/mol. The molecule has 16 heteroatoms. The lowest BCUT2D eigenvalue weighted by Gasteiger charge is -2.69.